The first-order chi connectivity index (χ1) is 11.6. The van der Waals surface area contributed by atoms with E-state index in [1.165, 1.54) is 24.3 Å². The average Bonchev–Trinajstić information content (AvgIpc) is 3.05. The highest BCUT2D eigenvalue weighted by molar-refractivity contribution is 5.78. The van der Waals surface area contributed by atoms with Crippen LogP contribution in [0.5, 0.6) is 0 Å². The van der Waals surface area contributed by atoms with Crippen LogP contribution in [0.4, 0.5) is 8.78 Å². The Balaban J connectivity index is 1.56. The van der Waals surface area contributed by atoms with Crippen LogP contribution in [0.25, 0.3) is 11.3 Å². The molecule has 0 saturated carbocycles. The Bertz CT molecular complexity index is 827. The Hall–Kier alpha value is -3.02. The van der Waals surface area contributed by atoms with E-state index in [9.17, 15) is 13.6 Å². The number of amides is 1. The van der Waals surface area contributed by atoms with Gasteiger partial charge < -0.3 is 9.84 Å². The Morgan fingerprint density at radius 2 is 1.62 bits per heavy atom. The van der Waals surface area contributed by atoms with Crippen molar-refractivity contribution in [1.82, 2.24) is 10.5 Å². The van der Waals surface area contributed by atoms with E-state index in [2.05, 4.69) is 10.5 Å². The topological polar surface area (TPSA) is 55.1 Å². The van der Waals surface area contributed by atoms with Gasteiger partial charge in [-0.2, -0.15) is 0 Å². The number of carbonyl (C=O) groups excluding carboxylic acids is 1. The molecule has 0 aliphatic carbocycles. The van der Waals surface area contributed by atoms with Crippen molar-refractivity contribution in [3.63, 3.8) is 0 Å². The van der Waals surface area contributed by atoms with Crippen molar-refractivity contribution >= 4 is 5.91 Å². The number of carbonyl (C=O) groups is 1. The van der Waals surface area contributed by atoms with Gasteiger partial charge in [-0.25, -0.2) is 8.78 Å². The Labute approximate surface area is 137 Å². The molecule has 0 atom stereocenters. The predicted octanol–water partition coefficient (Wildman–Crippen LogP) is 3.48. The van der Waals surface area contributed by atoms with Gasteiger partial charge in [0.1, 0.15) is 17.3 Å². The van der Waals surface area contributed by atoms with E-state index in [1.54, 1.807) is 30.3 Å². The highest BCUT2D eigenvalue weighted by atomic mass is 19.1. The molecule has 6 heteroatoms. The number of hydrogen-bond donors (Lipinski definition) is 1. The minimum Gasteiger partial charge on any atom is -0.356 e. The fourth-order valence-corrected chi connectivity index (χ4v) is 2.18. The van der Waals surface area contributed by atoms with E-state index in [0.717, 1.165) is 5.56 Å². The lowest BCUT2D eigenvalue weighted by molar-refractivity contribution is -0.120. The van der Waals surface area contributed by atoms with Crippen LogP contribution in [0, 0.1) is 11.6 Å². The second-order valence-electron chi connectivity index (χ2n) is 5.27. The first-order valence-corrected chi connectivity index (χ1v) is 7.33. The molecule has 3 aromatic rings. The van der Waals surface area contributed by atoms with Crippen LogP contribution in [0.3, 0.4) is 0 Å². The quantitative estimate of drug-likeness (QED) is 0.780. The predicted molar refractivity (Wildman–Crippen MR) is 83.8 cm³/mol. The summed E-state index contributed by atoms with van der Waals surface area (Å²) in [7, 11) is 0. The van der Waals surface area contributed by atoms with E-state index in [1.807, 2.05) is 0 Å². The van der Waals surface area contributed by atoms with Gasteiger partial charge in [0.2, 0.25) is 5.91 Å². The van der Waals surface area contributed by atoms with Gasteiger partial charge in [-0.1, -0.05) is 17.3 Å². The summed E-state index contributed by atoms with van der Waals surface area (Å²) in [6.45, 7) is 0.213. The highest BCUT2D eigenvalue weighted by Crippen LogP contribution is 2.20. The monoisotopic (exact) mass is 328 g/mol. The Morgan fingerprint density at radius 3 is 2.29 bits per heavy atom. The van der Waals surface area contributed by atoms with Gasteiger partial charge in [0.25, 0.3) is 0 Å². The minimum absolute atomic E-state index is 0.156. The molecule has 0 saturated heterocycles. The third-order valence-corrected chi connectivity index (χ3v) is 3.43. The van der Waals surface area contributed by atoms with E-state index >= 15 is 0 Å². The first-order valence-electron chi connectivity index (χ1n) is 7.33. The van der Waals surface area contributed by atoms with Crippen molar-refractivity contribution < 1.29 is 18.1 Å². The lowest BCUT2D eigenvalue weighted by Gasteiger charge is -2.03. The maximum absolute atomic E-state index is 12.9. The smallest absolute Gasteiger partial charge is 0.224 e. The molecular weight excluding hydrogens is 314 g/mol. The molecule has 1 amide bonds. The van der Waals surface area contributed by atoms with Gasteiger partial charge in [-0.05, 0) is 42.0 Å². The molecular formula is C18H14F2N2O2. The second-order valence-corrected chi connectivity index (χ2v) is 5.27. The summed E-state index contributed by atoms with van der Waals surface area (Å²) in [5.74, 6) is -0.368. The molecule has 1 heterocycles. The number of hydrogen-bond acceptors (Lipinski definition) is 3. The molecule has 0 fully saturated rings. The van der Waals surface area contributed by atoms with Crippen LogP contribution in [-0.2, 0) is 17.8 Å². The van der Waals surface area contributed by atoms with Crippen molar-refractivity contribution in [2.45, 2.75) is 13.0 Å². The summed E-state index contributed by atoms with van der Waals surface area (Å²) < 4.78 is 30.9. The lowest BCUT2D eigenvalue weighted by atomic mass is 10.1. The summed E-state index contributed by atoms with van der Waals surface area (Å²) in [6, 6.07) is 13.3. The third kappa shape index (κ3) is 4.04. The molecule has 0 bridgehead atoms. The molecule has 3 rings (SSSR count). The Kier molecular flexibility index (Phi) is 4.65. The molecule has 122 valence electrons. The molecule has 1 N–H and O–H groups in total. The molecule has 1 aromatic heterocycles. The number of nitrogens with one attached hydrogen (secondary N) is 1. The minimum atomic E-state index is -0.338. The fourth-order valence-electron chi connectivity index (χ4n) is 2.18. The van der Waals surface area contributed by atoms with Gasteiger partial charge in [-0.15, -0.1) is 0 Å². The van der Waals surface area contributed by atoms with Crippen molar-refractivity contribution in [3.8, 4) is 11.3 Å². The lowest BCUT2D eigenvalue weighted by Crippen LogP contribution is -2.24. The van der Waals surface area contributed by atoms with Crippen molar-refractivity contribution in [2.75, 3.05) is 0 Å². The maximum atomic E-state index is 12.9. The van der Waals surface area contributed by atoms with Crippen molar-refractivity contribution in [3.05, 3.63) is 77.5 Å². The summed E-state index contributed by atoms with van der Waals surface area (Å²) in [6.07, 6.45) is 0.156. The van der Waals surface area contributed by atoms with Crippen LogP contribution in [0.1, 0.15) is 11.3 Å². The van der Waals surface area contributed by atoms with Crippen LogP contribution in [-0.4, -0.2) is 11.1 Å². The van der Waals surface area contributed by atoms with Gasteiger partial charge >= 0.3 is 0 Å². The molecule has 0 aliphatic heterocycles. The number of nitrogens with zero attached hydrogens (tertiary/aromatic N) is 1. The van der Waals surface area contributed by atoms with Gasteiger partial charge in [0, 0.05) is 11.6 Å². The summed E-state index contributed by atoms with van der Waals surface area (Å²) >= 11 is 0. The zero-order valence-electron chi connectivity index (χ0n) is 12.6. The molecule has 0 spiro atoms. The molecule has 24 heavy (non-hydrogen) atoms. The normalized spacial score (nSPS) is 10.6. The van der Waals surface area contributed by atoms with Crippen LogP contribution >= 0.6 is 0 Å². The molecule has 0 aliphatic rings. The van der Waals surface area contributed by atoms with Crippen molar-refractivity contribution in [1.29, 1.82) is 0 Å². The highest BCUT2D eigenvalue weighted by Gasteiger charge is 2.09. The number of benzene rings is 2. The summed E-state index contributed by atoms with van der Waals surface area (Å²) in [5.41, 5.74) is 1.98. The fraction of sp³-hybridized carbons (Fsp3) is 0.111. The van der Waals surface area contributed by atoms with Gasteiger partial charge in [-0.3, -0.25) is 4.79 Å². The average molecular weight is 328 g/mol. The number of rotatable bonds is 5. The van der Waals surface area contributed by atoms with Crippen molar-refractivity contribution in [2.24, 2.45) is 0 Å². The largest absolute Gasteiger partial charge is 0.356 e. The van der Waals surface area contributed by atoms with E-state index in [-0.39, 0.29) is 30.5 Å². The number of aromatic nitrogens is 1. The number of halogens is 2. The SMILES string of the molecule is O=C(Cc1ccc(F)cc1)NCc1cc(-c2ccc(F)cc2)on1. The third-order valence-electron chi connectivity index (χ3n) is 3.43. The van der Waals surface area contributed by atoms with E-state index in [4.69, 9.17) is 4.52 Å². The standard InChI is InChI=1S/C18H14F2N2O2/c19-14-5-1-12(2-6-14)9-18(23)21-11-16-10-17(24-22-16)13-3-7-15(20)8-4-13/h1-8,10H,9,11H2,(H,21,23). The van der Waals surface area contributed by atoms with Crippen LogP contribution in [0.2, 0.25) is 0 Å². The second kappa shape index (κ2) is 7.04. The first kappa shape index (κ1) is 15.9. The molecule has 2 aromatic carbocycles. The Morgan fingerprint density at radius 1 is 1.00 bits per heavy atom. The van der Waals surface area contributed by atoms with E-state index in [0.29, 0.717) is 17.0 Å². The molecule has 4 nitrogen and oxygen atoms in total. The molecule has 0 radical (unpaired) electrons. The van der Waals surface area contributed by atoms with Crippen LogP contribution in [0.15, 0.2) is 59.1 Å². The van der Waals surface area contributed by atoms with Gasteiger partial charge in [0.05, 0.1) is 13.0 Å². The van der Waals surface area contributed by atoms with Gasteiger partial charge in [0.15, 0.2) is 5.76 Å². The zero-order valence-corrected chi connectivity index (χ0v) is 12.6. The zero-order chi connectivity index (χ0) is 16.9. The summed E-state index contributed by atoms with van der Waals surface area (Å²) in [4.78, 5) is 11.9. The van der Waals surface area contributed by atoms with Crippen LogP contribution < -0.4 is 5.32 Å². The van der Waals surface area contributed by atoms with E-state index < -0.39 is 0 Å². The molecule has 0 unspecified atom stereocenters. The summed E-state index contributed by atoms with van der Waals surface area (Å²) in [5, 5.41) is 6.59. The maximum Gasteiger partial charge on any atom is 0.224 e.